The molecule has 0 radical (unpaired) electrons. The second-order valence-electron chi connectivity index (χ2n) is 6.52. The van der Waals surface area contributed by atoms with E-state index in [9.17, 15) is 0 Å². The van der Waals surface area contributed by atoms with Crippen LogP contribution in [0, 0.1) is 17.8 Å². The van der Waals surface area contributed by atoms with Gasteiger partial charge in [-0.15, -0.1) is 0 Å². The number of nitrogens with zero attached hydrogens (tertiary/aromatic N) is 1. The first-order chi connectivity index (χ1) is 9.93. The number of rotatable bonds is 1. The summed E-state index contributed by atoms with van der Waals surface area (Å²) in [6.45, 7) is 0. The Kier molecular flexibility index (Phi) is 2.13. The van der Waals surface area contributed by atoms with E-state index in [1.165, 1.54) is 30.6 Å². The monoisotopic (exact) mass is 261 g/mol. The molecule has 1 aliphatic heterocycles. The molecule has 1 fully saturated rings. The zero-order chi connectivity index (χ0) is 13.1. The average Bonchev–Trinajstić information content (AvgIpc) is 3.23. The molecule has 1 heteroatoms. The Morgan fingerprint density at radius 2 is 1.95 bits per heavy atom. The number of allylic oxidation sites excluding steroid dienone is 3. The Morgan fingerprint density at radius 3 is 2.85 bits per heavy atom. The van der Waals surface area contributed by atoms with Gasteiger partial charge in [-0.25, -0.2) is 0 Å². The van der Waals surface area contributed by atoms with Crippen LogP contribution in [0.15, 0.2) is 65.9 Å². The topological polar surface area (TPSA) is 3.24 Å². The summed E-state index contributed by atoms with van der Waals surface area (Å²) in [7, 11) is 0. The third-order valence-electron chi connectivity index (χ3n) is 5.44. The molecule has 0 bridgehead atoms. The summed E-state index contributed by atoms with van der Waals surface area (Å²) in [4.78, 5) is 2.64. The fourth-order valence-corrected chi connectivity index (χ4v) is 4.47. The van der Waals surface area contributed by atoms with Crippen molar-refractivity contribution in [2.75, 3.05) is 4.90 Å². The van der Waals surface area contributed by atoms with E-state index >= 15 is 0 Å². The lowest BCUT2D eigenvalue weighted by Crippen LogP contribution is -2.37. The van der Waals surface area contributed by atoms with E-state index < -0.39 is 0 Å². The maximum Gasteiger partial charge on any atom is 0.0477 e. The molecule has 4 unspecified atom stereocenters. The maximum atomic E-state index is 2.64. The van der Waals surface area contributed by atoms with Crippen molar-refractivity contribution in [2.24, 2.45) is 17.8 Å². The van der Waals surface area contributed by atoms with Crippen LogP contribution < -0.4 is 4.90 Å². The number of para-hydroxylation sites is 1. The first kappa shape index (κ1) is 11.0. The molecule has 1 aromatic carbocycles. The minimum Gasteiger partial charge on any atom is -0.337 e. The highest BCUT2D eigenvalue weighted by molar-refractivity contribution is 5.63. The highest BCUT2D eigenvalue weighted by atomic mass is 15.2. The molecule has 1 heterocycles. The number of benzene rings is 1. The van der Waals surface area contributed by atoms with Crippen molar-refractivity contribution in [3.63, 3.8) is 0 Å². The van der Waals surface area contributed by atoms with E-state index in [0.717, 1.165) is 11.8 Å². The molecule has 0 saturated heterocycles. The predicted octanol–water partition coefficient (Wildman–Crippen LogP) is 4.30. The predicted molar refractivity (Wildman–Crippen MR) is 82.3 cm³/mol. The molecule has 1 aromatic rings. The molecule has 0 amide bonds. The highest BCUT2D eigenvalue weighted by Gasteiger charge is 2.53. The molecule has 1 saturated carbocycles. The standard InChI is InChI=1S/C19H19N/c1-2-6-14(7-3-1)20-18-9-5-4-8-15(18)16-11-10-13-12-17(13)19(16)20/h1-3,5-7,9-11,13,16-17,19H,4,8,12H2. The number of anilines is 1. The molecule has 4 aliphatic rings. The Labute approximate surface area is 120 Å². The van der Waals surface area contributed by atoms with Gasteiger partial charge in [-0.2, -0.15) is 0 Å². The van der Waals surface area contributed by atoms with Gasteiger partial charge in [0, 0.05) is 23.3 Å². The molecule has 20 heavy (non-hydrogen) atoms. The number of fused-ring (bicyclic) bond motifs is 4. The summed E-state index contributed by atoms with van der Waals surface area (Å²) in [5.74, 6) is 2.40. The Bertz CT molecular complexity index is 637. The van der Waals surface area contributed by atoms with Crippen molar-refractivity contribution in [1.82, 2.24) is 0 Å². The zero-order valence-electron chi connectivity index (χ0n) is 11.6. The van der Waals surface area contributed by atoms with Crippen molar-refractivity contribution < 1.29 is 0 Å². The number of hydrogen-bond donors (Lipinski definition) is 0. The zero-order valence-corrected chi connectivity index (χ0v) is 11.6. The summed E-state index contributed by atoms with van der Waals surface area (Å²) in [6, 6.07) is 11.7. The van der Waals surface area contributed by atoms with E-state index in [-0.39, 0.29) is 0 Å². The lowest BCUT2D eigenvalue weighted by atomic mass is 9.84. The van der Waals surface area contributed by atoms with Crippen LogP contribution in [-0.4, -0.2) is 6.04 Å². The first-order valence-corrected chi connectivity index (χ1v) is 7.86. The SMILES string of the molecule is C1=CC2=C(CC1)C1C=CC3CC3C1N2c1ccccc1. The molecule has 0 aromatic heterocycles. The molecule has 4 atom stereocenters. The van der Waals surface area contributed by atoms with Crippen LogP contribution in [0.1, 0.15) is 19.3 Å². The van der Waals surface area contributed by atoms with Gasteiger partial charge < -0.3 is 4.90 Å². The van der Waals surface area contributed by atoms with Crippen molar-refractivity contribution in [2.45, 2.75) is 25.3 Å². The van der Waals surface area contributed by atoms with Crippen LogP contribution in [0.5, 0.6) is 0 Å². The lowest BCUT2D eigenvalue weighted by Gasteiger charge is -2.33. The first-order valence-electron chi connectivity index (χ1n) is 7.86. The summed E-state index contributed by atoms with van der Waals surface area (Å²) in [5.41, 5.74) is 4.55. The van der Waals surface area contributed by atoms with E-state index in [4.69, 9.17) is 0 Å². The van der Waals surface area contributed by atoms with E-state index in [1.54, 1.807) is 5.57 Å². The average molecular weight is 261 g/mol. The van der Waals surface area contributed by atoms with Crippen molar-refractivity contribution in [3.05, 3.63) is 65.9 Å². The van der Waals surface area contributed by atoms with Crippen LogP contribution in [0.25, 0.3) is 0 Å². The minimum atomic E-state index is 0.666. The van der Waals surface area contributed by atoms with Crippen molar-refractivity contribution in [3.8, 4) is 0 Å². The third kappa shape index (κ3) is 1.38. The van der Waals surface area contributed by atoms with Crippen LogP contribution >= 0.6 is 0 Å². The van der Waals surface area contributed by atoms with E-state index in [0.29, 0.717) is 12.0 Å². The minimum absolute atomic E-state index is 0.666. The van der Waals surface area contributed by atoms with Gasteiger partial charge in [-0.05, 0) is 54.9 Å². The molecule has 0 N–H and O–H groups in total. The second kappa shape index (κ2) is 3.88. The smallest absolute Gasteiger partial charge is 0.0477 e. The summed E-state index contributed by atoms with van der Waals surface area (Å²) in [6.07, 6.45) is 13.6. The van der Waals surface area contributed by atoms with Gasteiger partial charge >= 0.3 is 0 Å². The second-order valence-corrected chi connectivity index (χ2v) is 6.52. The van der Waals surface area contributed by atoms with Gasteiger partial charge in [0.15, 0.2) is 0 Å². The molecular weight excluding hydrogens is 242 g/mol. The molecule has 0 spiro atoms. The molecule has 1 nitrogen and oxygen atoms in total. The van der Waals surface area contributed by atoms with Crippen molar-refractivity contribution >= 4 is 5.69 Å². The summed E-state index contributed by atoms with van der Waals surface area (Å²) < 4.78 is 0. The van der Waals surface area contributed by atoms with Gasteiger partial charge in [0.1, 0.15) is 0 Å². The van der Waals surface area contributed by atoms with Crippen LogP contribution in [0.2, 0.25) is 0 Å². The van der Waals surface area contributed by atoms with Crippen LogP contribution in [0.3, 0.4) is 0 Å². The molecular formula is C19H19N. The quantitative estimate of drug-likeness (QED) is 0.681. The van der Waals surface area contributed by atoms with Gasteiger partial charge in [0.25, 0.3) is 0 Å². The lowest BCUT2D eigenvalue weighted by molar-refractivity contribution is 0.483. The Hall–Kier alpha value is -1.76. The third-order valence-corrected chi connectivity index (χ3v) is 5.44. The van der Waals surface area contributed by atoms with Gasteiger partial charge in [-0.1, -0.05) is 36.4 Å². The van der Waals surface area contributed by atoms with Crippen LogP contribution in [0.4, 0.5) is 5.69 Å². The fraction of sp³-hybridized carbons (Fsp3) is 0.368. The van der Waals surface area contributed by atoms with Gasteiger partial charge in [0.2, 0.25) is 0 Å². The Morgan fingerprint density at radius 1 is 1.05 bits per heavy atom. The largest absolute Gasteiger partial charge is 0.337 e. The van der Waals surface area contributed by atoms with E-state index in [2.05, 4.69) is 59.5 Å². The molecule has 5 rings (SSSR count). The van der Waals surface area contributed by atoms with Gasteiger partial charge in [0.05, 0.1) is 0 Å². The van der Waals surface area contributed by atoms with Gasteiger partial charge in [-0.3, -0.25) is 0 Å². The fourth-order valence-electron chi connectivity index (χ4n) is 4.47. The summed E-state index contributed by atoms with van der Waals surface area (Å²) >= 11 is 0. The Balaban J connectivity index is 1.67. The molecule has 100 valence electrons. The maximum absolute atomic E-state index is 2.64. The van der Waals surface area contributed by atoms with Crippen molar-refractivity contribution in [1.29, 1.82) is 0 Å². The van der Waals surface area contributed by atoms with Crippen LogP contribution in [-0.2, 0) is 0 Å². The molecule has 3 aliphatic carbocycles. The van der Waals surface area contributed by atoms with E-state index in [1.807, 2.05) is 0 Å². The number of hydrogen-bond acceptors (Lipinski definition) is 1. The normalized spacial score (nSPS) is 36.7. The summed E-state index contributed by atoms with van der Waals surface area (Å²) in [5, 5.41) is 0. The highest BCUT2D eigenvalue weighted by Crippen LogP contribution is 2.57.